The quantitative estimate of drug-likeness (QED) is 0.504. The Balaban J connectivity index is 2.91. The van der Waals surface area contributed by atoms with Crippen LogP contribution in [0.25, 0.3) is 10.8 Å². The van der Waals surface area contributed by atoms with Crippen LogP contribution in [0.2, 0.25) is 0 Å². The molecule has 5 nitrogen and oxygen atoms in total. The van der Waals surface area contributed by atoms with Crippen LogP contribution < -0.4 is 9.47 Å². The zero-order valence-electron chi connectivity index (χ0n) is 13.2. The van der Waals surface area contributed by atoms with Gasteiger partial charge in [-0.3, -0.25) is 14.4 Å². The number of esters is 2. The molecule has 24 heavy (non-hydrogen) atoms. The van der Waals surface area contributed by atoms with Gasteiger partial charge in [-0.15, -0.1) is 0 Å². The molecule has 0 bridgehead atoms. The Labute approximate surface area is 155 Å². The van der Waals surface area contributed by atoms with Gasteiger partial charge in [0.2, 0.25) is 0 Å². The molecule has 0 saturated heterocycles. The van der Waals surface area contributed by atoms with Gasteiger partial charge in [-0.2, -0.15) is 0 Å². The van der Waals surface area contributed by atoms with Crippen molar-refractivity contribution in [3.05, 3.63) is 32.7 Å². The molecular formula is C17H14Br2O5. The minimum absolute atomic E-state index is 0.0500. The second-order valence-electron chi connectivity index (χ2n) is 5.21. The van der Waals surface area contributed by atoms with E-state index in [1.54, 1.807) is 12.1 Å². The van der Waals surface area contributed by atoms with Gasteiger partial charge in [-0.1, -0.05) is 15.9 Å². The summed E-state index contributed by atoms with van der Waals surface area (Å²) in [6.45, 7) is 3.99. The van der Waals surface area contributed by atoms with Gasteiger partial charge in [0.15, 0.2) is 11.5 Å². The van der Waals surface area contributed by atoms with Crippen molar-refractivity contribution in [1.29, 1.82) is 0 Å². The predicted molar refractivity (Wildman–Crippen MR) is 96.4 cm³/mol. The summed E-state index contributed by atoms with van der Waals surface area (Å²) in [5.74, 6) is -0.928. The summed E-state index contributed by atoms with van der Waals surface area (Å²) in [6, 6.07) is 5.34. The molecule has 0 N–H and O–H groups in total. The molecule has 0 aromatic heterocycles. The van der Waals surface area contributed by atoms with Gasteiger partial charge in [0, 0.05) is 30.1 Å². The maximum atomic E-state index is 11.7. The number of hydrogen-bond acceptors (Lipinski definition) is 5. The minimum Gasteiger partial charge on any atom is -0.422 e. The van der Waals surface area contributed by atoms with E-state index >= 15 is 0 Å². The monoisotopic (exact) mass is 456 g/mol. The molecule has 0 amide bonds. The van der Waals surface area contributed by atoms with E-state index in [9.17, 15) is 14.4 Å². The zero-order chi connectivity index (χ0) is 18.0. The Morgan fingerprint density at radius 2 is 1.50 bits per heavy atom. The zero-order valence-corrected chi connectivity index (χ0v) is 16.4. The van der Waals surface area contributed by atoms with Crippen molar-refractivity contribution in [3.63, 3.8) is 0 Å². The fraction of sp³-hybridized carbons (Fsp3) is 0.235. The lowest BCUT2D eigenvalue weighted by Gasteiger charge is -2.17. The Morgan fingerprint density at radius 3 is 2.04 bits per heavy atom. The fourth-order valence-electron chi connectivity index (χ4n) is 2.34. The first-order valence-corrected chi connectivity index (χ1v) is 8.59. The van der Waals surface area contributed by atoms with Gasteiger partial charge in [-0.25, -0.2) is 0 Å². The number of benzene rings is 2. The van der Waals surface area contributed by atoms with Crippen LogP contribution in [-0.2, 0) is 20.8 Å². The van der Waals surface area contributed by atoms with E-state index in [0.717, 1.165) is 9.86 Å². The standard InChI is InChI=1S/C17H14Br2O5/c1-8(20)6-14-13-7-11(18)4-5-12(13)16(23-9(2)21)17(15(14)19)24-10(3)22/h4-5,7H,6H2,1-3H3. The molecule has 0 unspecified atom stereocenters. The van der Waals surface area contributed by atoms with E-state index < -0.39 is 11.9 Å². The first-order chi connectivity index (χ1) is 11.2. The molecule has 0 aliphatic rings. The van der Waals surface area contributed by atoms with Crippen LogP contribution in [0.1, 0.15) is 26.3 Å². The number of halogens is 2. The summed E-state index contributed by atoms with van der Waals surface area (Å²) in [5, 5.41) is 1.29. The second kappa shape index (κ2) is 7.44. The number of Topliss-reactive ketones (excluding diaryl/α,β-unsaturated/α-hetero) is 1. The topological polar surface area (TPSA) is 69.7 Å². The highest BCUT2D eigenvalue weighted by atomic mass is 79.9. The molecule has 0 aliphatic heterocycles. The summed E-state index contributed by atoms with van der Waals surface area (Å²) in [6.07, 6.45) is 0.141. The smallest absolute Gasteiger partial charge is 0.308 e. The van der Waals surface area contributed by atoms with Gasteiger partial charge < -0.3 is 9.47 Å². The van der Waals surface area contributed by atoms with Crippen LogP contribution in [0, 0.1) is 0 Å². The lowest BCUT2D eigenvalue weighted by Crippen LogP contribution is -2.10. The summed E-state index contributed by atoms with van der Waals surface area (Å²) in [4.78, 5) is 34.6. The van der Waals surface area contributed by atoms with Crippen molar-refractivity contribution in [3.8, 4) is 11.5 Å². The number of ketones is 1. The third-order valence-electron chi connectivity index (χ3n) is 3.14. The number of hydrogen-bond donors (Lipinski definition) is 0. The molecule has 2 rings (SSSR count). The van der Waals surface area contributed by atoms with Crippen LogP contribution in [0.3, 0.4) is 0 Å². The van der Waals surface area contributed by atoms with Crippen molar-refractivity contribution in [2.75, 3.05) is 0 Å². The highest BCUT2D eigenvalue weighted by molar-refractivity contribution is 9.11. The molecule has 0 atom stereocenters. The third-order valence-corrected chi connectivity index (χ3v) is 4.47. The van der Waals surface area contributed by atoms with Gasteiger partial charge in [0.05, 0.1) is 4.47 Å². The van der Waals surface area contributed by atoms with Crippen molar-refractivity contribution < 1.29 is 23.9 Å². The Bertz CT molecular complexity index is 858. The van der Waals surface area contributed by atoms with E-state index in [2.05, 4.69) is 31.9 Å². The fourth-order valence-corrected chi connectivity index (χ4v) is 3.32. The molecule has 2 aromatic rings. The molecule has 0 fully saturated rings. The van der Waals surface area contributed by atoms with Gasteiger partial charge >= 0.3 is 11.9 Å². The number of carbonyl (C=O) groups excluding carboxylic acids is 3. The summed E-state index contributed by atoms with van der Waals surface area (Å²) >= 11 is 6.79. The van der Waals surface area contributed by atoms with E-state index in [0.29, 0.717) is 15.4 Å². The van der Waals surface area contributed by atoms with E-state index in [4.69, 9.17) is 9.47 Å². The normalized spacial score (nSPS) is 10.5. The Kier molecular flexibility index (Phi) is 5.77. The van der Waals surface area contributed by atoms with Crippen LogP contribution in [0.4, 0.5) is 0 Å². The average Bonchev–Trinajstić information content (AvgIpc) is 2.46. The van der Waals surface area contributed by atoms with Gasteiger partial charge in [-0.05, 0) is 52.0 Å². The van der Waals surface area contributed by atoms with E-state index in [1.807, 2.05) is 6.07 Å². The summed E-state index contributed by atoms with van der Waals surface area (Å²) < 4.78 is 11.8. The highest BCUT2D eigenvalue weighted by Gasteiger charge is 2.23. The lowest BCUT2D eigenvalue weighted by molar-refractivity contribution is -0.134. The first-order valence-electron chi connectivity index (χ1n) is 7.00. The molecule has 0 aliphatic carbocycles. The van der Waals surface area contributed by atoms with Crippen molar-refractivity contribution in [1.82, 2.24) is 0 Å². The largest absolute Gasteiger partial charge is 0.422 e. The van der Waals surface area contributed by atoms with Crippen molar-refractivity contribution in [2.45, 2.75) is 27.2 Å². The maximum Gasteiger partial charge on any atom is 0.308 e. The number of rotatable bonds is 4. The van der Waals surface area contributed by atoms with Crippen LogP contribution in [0.5, 0.6) is 11.5 Å². The first kappa shape index (κ1) is 18.6. The van der Waals surface area contributed by atoms with Crippen molar-refractivity contribution >= 4 is 60.4 Å². The minimum atomic E-state index is -0.561. The number of ether oxygens (including phenoxy) is 2. The van der Waals surface area contributed by atoms with E-state index in [1.165, 1.54) is 20.8 Å². The molecule has 0 radical (unpaired) electrons. The molecule has 2 aromatic carbocycles. The molecule has 126 valence electrons. The van der Waals surface area contributed by atoms with Crippen LogP contribution in [0.15, 0.2) is 27.1 Å². The maximum absolute atomic E-state index is 11.7. The van der Waals surface area contributed by atoms with Crippen LogP contribution in [-0.4, -0.2) is 17.7 Å². The number of fused-ring (bicyclic) bond motifs is 1. The average molecular weight is 458 g/mol. The number of carbonyl (C=O) groups is 3. The second-order valence-corrected chi connectivity index (χ2v) is 6.92. The Morgan fingerprint density at radius 1 is 0.917 bits per heavy atom. The molecular weight excluding hydrogens is 444 g/mol. The SMILES string of the molecule is CC(=O)Cc1c(Br)c(OC(C)=O)c(OC(C)=O)c2ccc(Br)cc12. The van der Waals surface area contributed by atoms with Gasteiger partial charge in [0.1, 0.15) is 5.78 Å². The van der Waals surface area contributed by atoms with Gasteiger partial charge in [0.25, 0.3) is 0 Å². The molecule has 0 heterocycles. The van der Waals surface area contributed by atoms with E-state index in [-0.39, 0.29) is 23.7 Å². The lowest BCUT2D eigenvalue weighted by atomic mass is 9.99. The summed E-state index contributed by atoms with van der Waals surface area (Å²) in [7, 11) is 0. The Hall–Kier alpha value is -1.73. The highest BCUT2D eigenvalue weighted by Crippen LogP contribution is 2.46. The van der Waals surface area contributed by atoms with Crippen LogP contribution >= 0.6 is 31.9 Å². The molecule has 0 spiro atoms. The summed E-state index contributed by atoms with van der Waals surface area (Å²) in [5.41, 5.74) is 0.658. The molecule has 7 heteroatoms. The molecule has 0 saturated carbocycles. The third kappa shape index (κ3) is 4.02. The van der Waals surface area contributed by atoms with Crippen molar-refractivity contribution in [2.24, 2.45) is 0 Å². The predicted octanol–water partition coefficient (Wildman–Crippen LogP) is 4.35.